The minimum atomic E-state index is -0.479. The quantitative estimate of drug-likeness (QED) is 0.574. The predicted molar refractivity (Wildman–Crippen MR) is 111 cm³/mol. The lowest BCUT2D eigenvalue weighted by Gasteiger charge is -2.32. The summed E-state index contributed by atoms with van der Waals surface area (Å²) in [4.78, 5) is 13.2. The minimum Gasteiger partial charge on any atom is -0.497 e. The second kappa shape index (κ2) is 8.82. The Labute approximate surface area is 171 Å². The average molecular weight is 405 g/mol. The molecule has 1 aliphatic heterocycles. The summed E-state index contributed by atoms with van der Waals surface area (Å²) in [6, 6.07) is 5.02. The zero-order chi connectivity index (χ0) is 20.3. The van der Waals surface area contributed by atoms with Crippen LogP contribution in [0.3, 0.4) is 0 Å². The molecule has 2 aliphatic rings. The van der Waals surface area contributed by atoms with Gasteiger partial charge in [-0.15, -0.1) is 0 Å². The van der Waals surface area contributed by atoms with Crippen LogP contribution < -0.4 is 20.1 Å². The molecule has 1 fully saturated rings. The van der Waals surface area contributed by atoms with Gasteiger partial charge in [-0.1, -0.05) is 13.3 Å². The van der Waals surface area contributed by atoms with Gasteiger partial charge in [-0.25, -0.2) is 4.79 Å². The van der Waals surface area contributed by atoms with Crippen molar-refractivity contribution in [1.82, 2.24) is 10.6 Å². The summed E-state index contributed by atoms with van der Waals surface area (Å²) < 4.78 is 16.8. The van der Waals surface area contributed by atoms with Gasteiger partial charge >= 0.3 is 5.97 Å². The summed E-state index contributed by atoms with van der Waals surface area (Å²) >= 11 is 5.34. The van der Waals surface area contributed by atoms with Crippen molar-refractivity contribution in [3.8, 4) is 11.5 Å². The smallest absolute Gasteiger partial charge is 0.338 e. The van der Waals surface area contributed by atoms with E-state index in [4.69, 9.17) is 26.4 Å². The molecule has 1 aliphatic carbocycles. The molecule has 1 aromatic carbocycles. The van der Waals surface area contributed by atoms with E-state index in [2.05, 4.69) is 17.6 Å². The third-order valence-electron chi connectivity index (χ3n) is 5.40. The number of thiocarbonyl (C=S) groups is 1. The van der Waals surface area contributed by atoms with E-state index in [0.29, 0.717) is 33.8 Å². The topological polar surface area (TPSA) is 68.8 Å². The van der Waals surface area contributed by atoms with Crippen LogP contribution in [-0.4, -0.2) is 31.4 Å². The SMILES string of the molecule is COc1ccc(OC)c(C2NC(=S)NC(C)=C2C(=O)OC2CCCC(C)C2)c1. The van der Waals surface area contributed by atoms with E-state index in [0.717, 1.165) is 24.8 Å². The Kier molecular flexibility index (Phi) is 6.44. The summed E-state index contributed by atoms with van der Waals surface area (Å²) in [5.74, 6) is 1.57. The number of ether oxygens (including phenoxy) is 3. The van der Waals surface area contributed by atoms with Crippen LogP contribution in [0.25, 0.3) is 0 Å². The normalized spacial score (nSPS) is 24.9. The minimum absolute atomic E-state index is 0.0433. The molecule has 1 aromatic rings. The Hall–Kier alpha value is -2.28. The molecule has 3 atom stereocenters. The van der Waals surface area contributed by atoms with Gasteiger partial charge in [0.1, 0.15) is 17.6 Å². The van der Waals surface area contributed by atoms with Crippen LogP contribution in [0.4, 0.5) is 0 Å². The molecule has 6 nitrogen and oxygen atoms in total. The highest BCUT2D eigenvalue weighted by Gasteiger charge is 2.34. The molecule has 0 spiro atoms. The van der Waals surface area contributed by atoms with Gasteiger partial charge in [0.05, 0.1) is 25.8 Å². The molecule has 0 bridgehead atoms. The molecule has 2 N–H and O–H groups in total. The molecule has 0 amide bonds. The number of nitrogens with one attached hydrogen (secondary N) is 2. The third-order valence-corrected chi connectivity index (χ3v) is 5.62. The van der Waals surface area contributed by atoms with Gasteiger partial charge in [-0.2, -0.15) is 0 Å². The van der Waals surface area contributed by atoms with Crippen molar-refractivity contribution in [2.45, 2.75) is 51.7 Å². The van der Waals surface area contributed by atoms with Crippen molar-refractivity contribution in [2.24, 2.45) is 5.92 Å². The lowest BCUT2D eigenvalue weighted by Crippen LogP contribution is -2.45. The zero-order valence-corrected chi connectivity index (χ0v) is 17.7. The number of rotatable bonds is 5. The van der Waals surface area contributed by atoms with Gasteiger partial charge in [0, 0.05) is 11.3 Å². The number of hydrogen-bond acceptors (Lipinski definition) is 5. The third kappa shape index (κ3) is 4.41. The van der Waals surface area contributed by atoms with E-state index >= 15 is 0 Å². The van der Waals surface area contributed by atoms with E-state index in [1.165, 1.54) is 6.42 Å². The van der Waals surface area contributed by atoms with Gasteiger partial charge in [0.25, 0.3) is 0 Å². The van der Waals surface area contributed by atoms with Crippen molar-refractivity contribution in [1.29, 1.82) is 0 Å². The number of hydrogen-bond donors (Lipinski definition) is 2. The predicted octanol–water partition coefficient (Wildman–Crippen LogP) is 3.62. The summed E-state index contributed by atoms with van der Waals surface area (Å²) in [6.07, 6.45) is 4.05. The Bertz CT molecular complexity index is 793. The zero-order valence-electron chi connectivity index (χ0n) is 16.8. The second-order valence-electron chi connectivity index (χ2n) is 7.48. The maximum absolute atomic E-state index is 13.2. The standard InChI is InChI=1S/C21H28N2O4S/c1-12-6-5-7-15(10-12)27-20(24)18-13(2)22-21(28)23-19(18)16-11-14(25-3)8-9-17(16)26-4/h8-9,11-12,15,19H,5-7,10H2,1-4H3,(H2,22,23,28). The van der Waals surface area contributed by atoms with E-state index in [1.54, 1.807) is 14.2 Å². The first-order valence-electron chi connectivity index (χ1n) is 9.64. The van der Waals surface area contributed by atoms with Gasteiger partial charge in [-0.3, -0.25) is 0 Å². The molecule has 152 valence electrons. The fraction of sp³-hybridized carbons (Fsp3) is 0.524. The highest BCUT2D eigenvalue weighted by Crippen LogP contribution is 2.36. The monoisotopic (exact) mass is 404 g/mol. The van der Waals surface area contributed by atoms with Crippen molar-refractivity contribution >= 4 is 23.3 Å². The highest BCUT2D eigenvalue weighted by molar-refractivity contribution is 7.80. The van der Waals surface area contributed by atoms with Crippen LogP contribution >= 0.6 is 12.2 Å². The summed E-state index contributed by atoms with van der Waals surface area (Å²) in [5.41, 5.74) is 1.97. The van der Waals surface area contributed by atoms with Crippen LogP contribution in [0.2, 0.25) is 0 Å². The van der Waals surface area contributed by atoms with Crippen molar-refractivity contribution < 1.29 is 19.0 Å². The molecular weight excluding hydrogens is 376 g/mol. The summed E-state index contributed by atoms with van der Waals surface area (Å²) in [7, 11) is 3.20. The first-order chi connectivity index (χ1) is 13.4. The fourth-order valence-corrected chi connectivity index (χ4v) is 4.23. The second-order valence-corrected chi connectivity index (χ2v) is 7.89. The fourth-order valence-electron chi connectivity index (χ4n) is 3.96. The molecule has 3 unspecified atom stereocenters. The van der Waals surface area contributed by atoms with Crippen LogP contribution in [0.1, 0.15) is 51.1 Å². The number of carbonyl (C=O) groups excluding carboxylic acids is 1. The molecule has 0 saturated heterocycles. The number of benzene rings is 1. The molecule has 28 heavy (non-hydrogen) atoms. The first-order valence-corrected chi connectivity index (χ1v) is 10.0. The van der Waals surface area contributed by atoms with Crippen LogP contribution in [-0.2, 0) is 9.53 Å². The van der Waals surface area contributed by atoms with E-state index < -0.39 is 6.04 Å². The molecular formula is C21H28N2O4S. The van der Waals surface area contributed by atoms with Crippen molar-refractivity contribution in [2.75, 3.05) is 14.2 Å². The van der Waals surface area contributed by atoms with Crippen molar-refractivity contribution in [3.05, 3.63) is 35.0 Å². The lowest BCUT2D eigenvalue weighted by molar-refractivity contribution is -0.146. The summed E-state index contributed by atoms with van der Waals surface area (Å²) in [6.45, 7) is 4.05. The van der Waals surface area contributed by atoms with Gasteiger partial charge in [0.15, 0.2) is 5.11 Å². The Morgan fingerprint density at radius 3 is 2.68 bits per heavy atom. The molecule has 0 radical (unpaired) electrons. The van der Waals surface area contributed by atoms with Gasteiger partial charge < -0.3 is 24.8 Å². The van der Waals surface area contributed by atoms with Crippen LogP contribution in [0.15, 0.2) is 29.5 Å². The Morgan fingerprint density at radius 1 is 1.21 bits per heavy atom. The van der Waals surface area contributed by atoms with E-state index in [9.17, 15) is 4.79 Å². The van der Waals surface area contributed by atoms with Crippen LogP contribution in [0, 0.1) is 5.92 Å². The van der Waals surface area contributed by atoms with Crippen LogP contribution in [0.5, 0.6) is 11.5 Å². The average Bonchev–Trinajstić information content (AvgIpc) is 2.66. The first kappa shape index (κ1) is 20.5. The molecule has 7 heteroatoms. The highest BCUT2D eigenvalue weighted by atomic mass is 32.1. The maximum Gasteiger partial charge on any atom is 0.338 e. The lowest BCUT2D eigenvalue weighted by atomic mass is 9.88. The van der Waals surface area contributed by atoms with Gasteiger partial charge in [-0.05, 0) is 62.5 Å². The molecule has 1 heterocycles. The largest absolute Gasteiger partial charge is 0.497 e. The summed E-state index contributed by atoms with van der Waals surface area (Å²) in [5, 5.41) is 6.70. The molecule has 3 rings (SSSR count). The Balaban J connectivity index is 1.94. The number of allylic oxidation sites excluding steroid dienone is 1. The molecule has 1 saturated carbocycles. The molecule has 0 aromatic heterocycles. The maximum atomic E-state index is 13.2. The Morgan fingerprint density at radius 2 is 2.00 bits per heavy atom. The number of methoxy groups -OCH3 is 2. The number of carbonyl (C=O) groups is 1. The van der Waals surface area contributed by atoms with Crippen molar-refractivity contribution in [3.63, 3.8) is 0 Å². The van der Waals surface area contributed by atoms with E-state index in [-0.39, 0.29) is 12.1 Å². The van der Waals surface area contributed by atoms with E-state index in [1.807, 2.05) is 25.1 Å². The number of esters is 1. The van der Waals surface area contributed by atoms with Gasteiger partial charge in [0.2, 0.25) is 0 Å².